The van der Waals surface area contributed by atoms with Crippen molar-refractivity contribution < 1.29 is 19.3 Å². The Kier molecular flexibility index (Phi) is 8.64. The van der Waals surface area contributed by atoms with Gasteiger partial charge in [-0.05, 0) is 19.1 Å². The highest BCUT2D eigenvalue weighted by atomic mass is 35.5. The first-order chi connectivity index (χ1) is 10.1. The van der Waals surface area contributed by atoms with Crippen LogP contribution in [0.5, 0.6) is 5.75 Å². The Morgan fingerprint density at radius 3 is 2.71 bits per heavy atom. The molecule has 6 heteroatoms. The quantitative estimate of drug-likeness (QED) is 0.689. The Morgan fingerprint density at radius 2 is 2.05 bits per heavy atom. The standard InChI is InChI=1S/C15H24ClNO4/c1-11(9-19-2)21-10-12(18)7-17-8-13-14(16)5-4-6-15(13)20-3/h4-6,11-12,17-18H,7-10H2,1-3H3. The predicted molar refractivity (Wildman–Crippen MR) is 83.0 cm³/mol. The molecule has 0 aliphatic heterocycles. The number of aliphatic hydroxyl groups excluding tert-OH is 1. The van der Waals surface area contributed by atoms with Gasteiger partial charge in [-0.3, -0.25) is 0 Å². The van der Waals surface area contributed by atoms with Gasteiger partial charge in [0.2, 0.25) is 0 Å². The number of nitrogens with one attached hydrogen (secondary N) is 1. The van der Waals surface area contributed by atoms with Crippen molar-refractivity contribution in [2.45, 2.75) is 25.7 Å². The lowest BCUT2D eigenvalue weighted by Gasteiger charge is -2.17. The monoisotopic (exact) mass is 317 g/mol. The van der Waals surface area contributed by atoms with Crippen molar-refractivity contribution in [2.75, 3.05) is 34.0 Å². The smallest absolute Gasteiger partial charge is 0.124 e. The van der Waals surface area contributed by atoms with Crippen LogP contribution in [0, 0.1) is 0 Å². The van der Waals surface area contributed by atoms with Gasteiger partial charge in [-0.25, -0.2) is 0 Å². The van der Waals surface area contributed by atoms with Crippen molar-refractivity contribution in [1.29, 1.82) is 0 Å². The molecule has 0 bridgehead atoms. The van der Waals surface area contributed by atoms with E-state index in [0.717, 1.165) is 11.3 Å². The molecule has 1 aromatic rings. The molecule has 0 heterocycles. The summed E-state index contributed by atoms with van der Waals surface area (Å²) in [5, 5.41) is 13.6. The second-order valence-corrected chi connectivity index (χ2v) is 5.21. The zero-order valence-corrected chi connectivity index (χ0v) is 13.5. The van der Waals surface area contributed by atoms with Gasteiger partial charge < -0.3 is 24.6 Å². The van der Waals surface area contributed by atoms with E-state index < -0.39 is 6.10 Å². The highest BCUT2D eigenvalue weighted by Crippen LogP contribution is 2.25. The van der Waals surface area contributed by atoms with Crippen LogP contribution in [0.2, 0.25) is 5.02 Å². The molecule has 2 N–H and O–H groups in total. The van der Waals surface area contributed by atoms with E-state index in [1.165, 1.54) is 0 Å². The number of aliphatic hydroxyl groups is 1. The van der Waals surface area contributed by atoms with Crippen molar-refractivity contribution in [1.82, 2.24) is 5.32 Å². The zero-order chi connectivity index (χ0) is 15.7. The summed E-state index contributed by atoms with van der Waals surface area (Å²) in [5.74, 6) is 0.731. The predicted octanol–water partition coefficient (Wildman–Crippen LogP) is 1.85. The summed E-state index contributed by atoms with van der Waals surface area (Å²) in [5.41, 5.74) is 0.877. The van der Waals surface area contributed by atoms with Crippen molar-refractivity contribution in [3.8, 4) is 5.75 Å². The first-order valence-corrected chi connectivity index (χ1v) is 7.27. The van der Waals surface area contributed by atoms with Gasteiger partial charge in [-0.15, -0.1) is 0 Å². The number of methoxy groups -OCH3 is 2. The van der Waals surface area contributed by atoms with Crippen LogP contribution >= 0.6 is 11.6 Å². The number of benzene rings is 1. The summed E-state index contributed by atoms with van der Waals surface area (Å²) in [7, 11) is 3.23. The topological polar surface area (TPSA) is 60.0 Å². The molecular weight excluding hydrogens is 294 g/mol. The summed E-state index contributed by atoms with van der Waals surface area (Å²) >= 11 is 6.14. The van der Waals surface area contributed by atoms with Crippen LogP contribution in [-0.4, -0.2) is 51.3 Å². The van der Waals surface area contributed by atoms with E-state index in [1.807, 2.05) is 25.1 Å². The molecule has 0 aliphatic rings. The lowest BCUT2D eigenvalue weighted by molar-refractivity contribution is -0.0311. The lowest BCUT2D eigenvalue weighted by Crippen LogP contribution is -2.32. The lowest BCUT2D eigenvalue weighted by atomic mass is 10.2. The molecule has 0 saturated heterocycles. The third kappa shape index (κ3) is 6.63. The number of hydrogen-bond acceptors (Lipinski definition) is 5. The summed E-state index contributed by atoms with van der Waals surface area (Å²) < 4.78 is 15.7. The van der Waals surface area contributed by atoms with Crippen molar-refractivity contribution >= 4 is 11.6 Å². The van der Waals surface area contributed by atoms with Crippen LogP contribution < -0.4 is 10.1 Å². The summed E-state index contributed by atoms with van der Waals surface area (Å²) in [6.45, 7) is 3.61. The molecule has 2 unspecified atom stereocenters. The number of ether oxygens (including phenoxy) is 3. The summed E-state index contributed by atoms with van der Waals surface area (Å²) in [4.78, 5) is 0. The van der Waals surface area contributed by atoms with E-state index in [4.69, 9.17) is 25.8 Å². The SMILES string of the molecule is COCC(C)OCC(O)CNCc1c(Cl)cccc1OC. The van der Waals surface area contributed by atoms with E-state index in [2.05, 4.69) is 5.32 Å². The highest BCUT2D eigenvalue weighted by Gasteiger charge is 2.10. The normalized spacial score (nSPS) is 14.0. The van der Waals surface area contributed by atoms with Gasteiger partial charge in [0.05, 0.1) is 32.5 Å². The van der Waals surface area contributed by atoms with E-state index in [9.17, 15) is 5.11 Å². The van der Waals surface area contributed by atoms with E-state index in [0.29, 0.717) is 24.7 Å². The Labute approximate surface area is 131 Å². The zero-order valence-electron chi connectivity index (χ0n) is 12.8. The second kappa shape index (κ2) is 9.97. The van der Waals surface area contributed by atoms with Crippen LogP contribution in [0.4, 0.5) is 0 Å². The van der Waals surface area contributed by atoms with E-state index >= 15 is 0 Å². The fourth-order valence-electron chi connectivity index (χ4n) is 1.88. The molecule has 0 aliphatic carbocycles. The molecule has 0 aromatic heterocycles. The molecule has 1 aromatic carbocycles. The summed E-state index contributed by atoms with van der Waals surface area (Å²) in [6.07, 6.45) is -0.619. The van der Waals surface area contributed by atoms with Crippen molar-refractivity contribution in [2.24, 2.45) is 0 Å². The van der Waals surface area contributed by atoms with Crippen LogP contribution in [0.15, 0.2) is 18.2 Å². The molecule has 5 nitrogen and oxygen atoms in total. The van der Waals surface area contributed by atoms with Gasteiger partial charge in [0, 0.05) is 30.8 Å². The fourth-order valence-corrected chi connectivity index (χ4v) is 2.12. The van der Waals surface area contributed by atoms with Gasteiger partial charge in [-0.1, -0.05) is 17.7 Å². The molecule has 0 fully saturated rings. The molecular formula is C15H24ClNO4. The second-order valence-electron chi connectivity index (χ2n) is 4.80. The Hall–Kier alpha value is -0.850. The molecule has 0 amide bonds. The first-order valence-electron chi connectivity index (χ1n) is 6.89. The van der Waals surface area contributed by atoms with Gasteiger partial charge in [0.15, 0.2) is 0 Å². The van der Waals surface area contributed by atoms with Crippen LogP contribution in [-0.2, 0) is 16.0 Å². The summed E-state index contributed by atoms with van der Waals surface area (Å²) in [6, 6.07) is 5.51. The first kappa shape index (κ1) is 18.2. The Balaban J connectivity index is 2.33. The van der Waals surface area contributed by atoms with Crippen LogP contribution in [0.3, 0.4) is 0 Å². The third-order valence-electron chi connectivity index (χ3n) is 2.95. The van der Waals surface area contributed by atoms with Gasteiger partial charge >= 0.3 is 0 Å². The maximum absolute atomic E-state index is 9.85. The number of rotatable bonds is 10. The fraction of sp³-hybridized carbons (Fsp3) is 0.600. The van der Waals surface area contributed by atoms with Crippen molar-refractivity contribution in [3.05, 3.63) is 28.8 Å². The van der Waals surface area contributed by atoms with E-state index in [-0.39, 0.29) is 12.7 Å². The van der Waals surface area contributed by atoms with Gasteiger partial charge in [-0.2, -0.15) is 0 Å². The maximum atomic E-state index is 9.85. The van der Waals surface area contributed by atoms with E-state index in [1.54, 1.807) is 14.2 Å². The van der Waals surface area contributed by atoms with Gasteiger partial charge in [0.25, 0.3) is 0 Å². The third-order valence-corrected chi connectivity index (χ3v) is 3.31. The largest absolute Gasteiger partial charge is 0.496 e. The maximum Gasteiger partial charge on any atom is 0.124 e. The molecule has 120 valence electrons. The molecule has 0 spiro atoms. The minimum absolute atomic E-state index is 0.0340. The number of halogens is 1. The Bertz CT molecular complexity index is 417. The molecule has 0 saturated carbocycles. The molecule has 21 heavy (non-hydrogen) atoms. The van der Waals surface area contributed by atoms with Gasteiger partial charge in [0.1, 0.15) is 5.75 Å². The minimum atomic E-state index is -0.585. The Morgan fingerprint density at radius 1 is 1.29 bits per heavy atom. The molecule has 2 atom stereocenters. The molecule has 1 rings (SSSR count). The van der Waals surface area contributed by atoms with Crippen LogP contribution in [0.1, 0.15) is 12.5 Å². The number of hydrogen-bond donors (Lipinski definition) is 2. The van der Waals surface area contributed by atoms with Crippen molar-refractivity contribution in [3.63, 3.8) is 0 Å². The minimum Gasteiger partial charge on any atom is -0.496 e. The van der Waals surface area contributed by atoms with Crippen LogP contribution in [0.25, 0.3) is 0 Å². The molecule has 0 radical (unpaired) electrons. The average molecular weight is 318 g/mol. The average Bonchev–Trinajstić information content (AvgIpc) is 2.47. The highest BCUT2D eigenvalue weighted by molar-refractivity contribution is 6.31.